The van der Waals surface area contributed by atoms with Crippen molar-refractivity contribution in [2.24, 2.45) is 4.99 Å². The van der Waals surface area contributed by atoms with Crippen LogP contribution in [0.1, 0.15) is 36.1 Å². The SMILES string of the molecule is CCc1cnc(CNC(=NC)NCCS(=O)(=O)NCC2CCCCO2)s1. The van der Waals surface area contributed by atoms with Crippen molar-refractivity contribution in [3.63, 3.8) is 0 Å². The van der Waals surface area contributed by atoms with Gasteiger partial charge in [-0.15, -0.1) is 11.3 Å². The van der Waals surface area contributed by atoms with Gasteiger partial charge in [-0.1, -0.05) is 6.92 Å². The highest BCUT2D eigenvalue weighted by Crippen LogP contribution is 2.13. The number of aromatic nitrogens is 1. The normalized spacial score (nSPS) is 18.7. The van der Waals surface area contributed by atoms with Gasteiger partial charge >= 0.3 is 0 Å². The molecule has 1 fully saturated rings. The number of nitrogens with zero attached hydrogens (tertiary/aromatic N) is 2. The van der Waals surface area contributed by atoms with Gasteiger partial charge in [-0.2, -0.15) is 0 Å². The van der Waals surface area contributed by atoms with Gasteiger partial charge in [0, 0.05) is 37.8 Å². The highest BCUT2D eigenvalue weighted by Gasteiger charge is 2.17. The van der Waals surface area contributed by atoms with Crippen LogP contribution in [0.15, 0.2) is 11.2 Å². The van der Waals surface area contributed by atoms with Crippen molar-refractivity contribution < 1.29 is 13.2 Å². The predicted molar refractivity (Wildman–Crippen MR) is 105 cm³/mol. The summed E-state index contributed by atoms with van der Waals surface area (Å²) in [4.78, 5) is 9.68. The molecule has 2 rings (SSSR count). The van der Waals surface area contributed by atoms with Gasteiger partial charge < -0.3 is 15.4 Å². The Morgan fingerprint density at radius 3 is 2.92 bits per heavy atom. The number of aliphatic imine (C=N–C) groups is 1. The summed E-state index contributed by atoms with van der Waals surface area (Å²) in [5.74, 6) is 0.543. The molecule has 0 aliphatic carbocycles. The third-order valence-corrected chi connectivity index (χ3v) is 6.54. The third kappa shape index (κ3) is 7.56. The topological polar surface area (TPSA) is 105 Å². The van der Waals surface area contributed by atoms with Gasteiger partial charge in [0.1, 0.15) is 5.01 Å². The van der Waals surface area contributed by atoms with E-state index in [1.54, 1.807) is 18.4 Å². The molecular weight excluding hydrogens is 374 g/mol. The zero-order valence-corrected chi connectivity index (χ0v) is 17.1. The molecule has 1 aromatic rings. The molecule has 1 saturated heterocycles. The van der Waals surface area contributed by atoms with Crippen LogP contribution in [0, 0.1) is 0 Å². The Bertz CT molecular complexity index is 669. The van der Waals surface area contributed by atoms with Crippen molar-refractivity contribution in [3.8, 4) is 0 Å². The smallest absolute Gasteiger partial charge is 0.213 e. The maximum Gasteiger partial charge on any atom is 0.213 e. The van der Waals surface area contributed by atoms with Gasteiger partial charge in [0.05, 0.1) is 18.4 Å². The Labute approximate surface area is 159 Å². The van der Waals surface area contributed by atoms with Crippen LogP contribution >= 0.6 is 11.3 Å². The van der Waals surface area contributed by atoms with Gasteiger partial charge in [0.15, 0.2) is 5.96 Å². The fourth-order valence-corrected chi connectivity index (χ4v) is 4.29. The first kappa shape index (κ1) is 21.1. The summed E-state index contributed by atoms with van der Waals surface area (Å²) in [6, 6.07) is 0. The molecule has 1 aliphatic heterocycles. The van der Waals surface area contributed by atoms with Crippen LogP contribution in [-0.4, -0.2) is 58.0 Å². The van der Waals surface area contributed by atoms with E-state index in [1.807, 2.05) is 6.20 Å². The molecule has 1 unspecified atom stereocenters. The lowest BCUT2D eigenvalue weighted by atomic mass is 10.1. The Hall–Kier alpha value is -1.23. The number of rotatable bonds is 9. The monoisotopic (exact) mass is 403 g/mol. The van der Waals surface area contributed by atoms with Crippen molar-refractivity contribution >= 4 is 27.3 Å². The molecule has 0 saturated carbocycles. The number of thiazole rings is 1. The van der Waals surface area contributed by atoms with Crippen LogP contribution in [-0.2, 0) is 27.7 Å². The van der Waals surface area contributed by atoms with Crippen LogP contribution in [0.2, 0.25) is 0 Å². The largest absolute Gasteiger partial charge is 0.377 e. The maximum atomic E-state index is 12.1. The lowest BCUT2D eigenvalue weighted by molar-refractivity contribution is 0.0200. The number of hydrogen-bond acceptors (Lipinski definition) is 6. The Kier molecular flexibility index (Phi) is 8.76. The molecule has 2 heterocycles. The second kappa shape index (κ2) is 10.8. The minimum Gasteiger partial charge on any atom is -0.377 e. The average molecular weight is 404 g/mol. The predicted octanol–water partition coefficient (Wildman–Crippen LogP) is 0.859. The highest BCUT2D eigenvalue weighted by atomic mass is 32.2. The van der Waals surface area contributed by atoms with E-state index in [2.05, 4.69) is 32.3 Å². The molecule has 0 amide bonds. The van der Waals surface area contributed by atoms with Gasteiger partial charge in [0.2, 0.25) is 10.0 Å². The Morgan fingerprint density at radius 1 is 1.42 bits per heavy atom. The molecule has 0 aromatic carbocycles. The summed E-state index contributed by atoms with van der Waals surface area (Å²) in [7, 11) is -1.68. The van der Waals surface area contributed by atoms with E-state index >= 15 is 0 Å². The summed E-state index contributed by atoms with van der Waals surface area (Å²) in [5.41, 5.74) is 0. The maximum absolute atomic E-state index is 12.1. The molecule has 0 radical (unpaired) electrons. The first-order valence-corrected chi connectivity index (χ1v) is 11.5. The van der Waals surface area contributed by atoms with Crippen LogP contribution in [0.25, 0.3) is 0 Å². The van der Waals surface area contributed by atoms with Crippen LogP contribution in [0.4, 0.5) is 0 Å². The van der Waals surface area contributed by atoms with Gasteiger partial charge in [-0.25, -0.2) is 18.1 Å². The third-order valence-electron chi connectivity index (χ3n) is 4.05. The number of hydrogen-bond donors (Lipinski definition) is 3. The fourth-order valence-electron chi connectivity index (χ4n) is 2.54. The molecule has 8 nitrogen and oxygen atoms in total. The van der Waals surface area contributed by atoms with E-state index in [1.165, 1.54) is 4.88 Å². The number of nitrogens with one attached hydrogen (secondary N) is 3. The summed E-state index contributed by atoms with van der Waals surface area (Å²) in [6.07, 6.45) is 5.91. The van der Waals surface area contributed by atoms with Crippen molar-refractivity contribution in [1.29, 1.82) is 0 Å². The lowest BCUT2D eigenvalue weighted by Crippen LogP contribution is -2.42. The van der Waals surface area contributed by atoms with E-state index in [0.717, 1.165) is 37.3 Å². The molecule has 26 heavy (non-hydrogen) atoms. The summed E-state index contributed by atoms with van der Waals surface area (Å²) >= 11 is 1.66. The minimum absolute atomic E-state index is 0.00720. The second-order valence-electron chi connectivity index (χ2n) is 6.08. The van der Waals surface area contributed by atoms with Crippen molar-refractivity contribution in [3.05, 3.63) is 16.1 Å². The zero-order chi connectivity index (χ0) is 18.8. The Balaban J connectivity index is 1.66. The molecule has 1 atom stereocenters. The van der Waals surface area contributed by atoms with Crippen LogP contribution < -0.4 is 15.4 Å². The van der Waals surface area contributed by atoms with E-state index in [4.69, 9.17) is 4.74 Å². The van der Waals surface area contributed by atoms with E-state index in [9.17, 15) is 8.42 Å². The summed E-state index contributed by atoms with van der Waals surface area (Å²) in [5, 5.41) is 7.14. The van der Waals surface area contributed by atoms with E-state index in [0.29, 0.717) is 19.0 Å². The zero-order valence-electron chi connectivity index (χ0n) is 15.5. The quantitative estimate of drug-likeness (QED) is 0.417. The standard InChI is InChI=1S/C16H29N5O3S2/c1-3-14-11-19-15(25-14)12-20-16(17-2)18-7-9-26(22,23)21-10-13-6-4-5-8-24-13/h11,13,21H,3-10,12H2,1-2H3,(H2,17,18,20). The van der Waals surface area contributed by atoms with E-state index in [-0.39, 0.29) is 18.4 Å². The number of sulfonamides is 1. The lowest BCUT2D eigenvalue weighted by Gasteiger charge is -2.22. The fraction of sp³-hybridized carbons (Fsp3) is 0.750. The van der Waals surface area contributed by atoms with Gasteiger partial charge in [0.25, 0.3) is 0 Å². The summed E-state index contributed by atoms with van der Waals surface area (Å²) < 4.78 is 32.3. The average Bonchev–Trinajstić information content (AvgIpc) is 3.12. The molecule has 1 aromatic heterocycles. The molecule has 0 spiro atoms. The van der Waals surface area contributed by atoms with Gasteiger partial charge in [-0.3, -0.25) is 4.99 Å². The highest BCUT2D eigenvalue weighted by molar-refractivity contribution is 7.89. The molecule has 0 bridgehead atoms. The second-order valence-corrected chi connectivity index (χ2v) is 9.21. The molecular formula is C16H29N5O3S2. The Morgan fingerprint density at radius 2 is 2.27 bits per heavy atom. The number of ether oxygens (including phenoxy) is 1. The van der Waals surface area contributed by atoms with Crippen molar-refractivity contribution in [2.75, 3.05) is 32.5 Å². The summed E-state index contributed by atoms with van der Waals surface area (Å²) in [6.45, 7) is 4.00. The van der Waals surface area contributed by atoms with Gasteiger partial charge in [-0.05, 0) is 25.7 Å². The molecule has 148 valence electrons. The molecule has 10 heteroatoms. The number of aryl methyl sites for hydroxylation is 1. The molecule has 3 N–H and O–H groups in total. The number of guanidine groups is 1. The molecule has 1 aliphatic rings. The first-order valence-electron chi connectivity index (χ1n) is 8.99. The first-order chi connectivity index (χ1) is 12.5. The van der Waals surface area contributed by atoms with Crippen LogP contribution in [0.3, 0.4) is 0 Å². The van der Waals surface area contributed by atoms with Crippen LogP contribution in [0.5, 0.6) is 0 Å². The van der Waals surface area contributed by atoms with E-state index < -0.39 is 10.0 Å². The van der Waals surface area contributed by atoms with Crippen molar-refractivity contribution in [2.45, 2.75) is 45.3 Å². The van der Waals surface area contributed by atoms with Crippen molar-refractivity contribution in [1.82, 2.24) is 20.3 Å². The minimum atomic E-state index is -3.34.